The molecule has 2 aromatic rings. The van der Waals surface area contributed by atoms with E-state index in [1.807, 2.05) is 0 Å². The molecular weight excluding hydrogens is 284 g/mol. The van der Waals surface area contributed by atoms with Crippen molar-refractivity contribution in [3.63, 3.8) is 0 Å². The van der Waals surface area contributed by atoms with Crippen LogP contribution in [0, 0.1) is 11.6 Å². The van der Waals surface area contributed by atoms with Crippen LogP contribution in [0.1, 0.15) is 11.1 Å². The van der Waals surface area contributed by atoms with E-state index in [9.17, 15) is 8.78 Å². The van der Waals surface area contributed by atoms with Crippen LogP contribution in [0.15, 0.2) is 36.4 Å². The number of halogens is 3. The van der Waals surface area contributed by atoms with Crippen molar-refractivity contribution in [3.05, 3.63) is 64.2 Å². The van der Waals surface area contributed by atoms with Gasteiger partial charge in [0.2, 0.25) is 0 Å². The summed E-state index contributed by atoms with van der Waals surface area (Å²) in [5, 5.41) is 3.76. The van der Waals surface area contributed by atoms with Crippen LogP contribution in [0.25, 0.3) is 0 Å². The Morgan fingerprint density at radius 3 is 2.55 bits per heavy atom. The van der Waals surface area contributed by atoms with E-state index in [0.717, 1.165) is 17.4 Å². The lowest BCUT2D eigenvalue weighted by Crippen LogP contribution is -2.13. The molecule has 0 atom stereocenters. The molecule has 0 fully saturated rings. The van der Waals surface area contributed by atoms with E-state index in [-0.39, 0.29) is 0 Å². The lowest BCUT2D eigenvalue weighted by Gasteiger charge is -2.10. The first-order valence-corrected chi connectivity index (χ1v) is 6.45. The van der Waals surface area contributed by atoms with Gasteiger partial charge in [-0.1, -0.05) is 17.7 Å². The Morgan fingerprint density at radius 2 is 1.85 bits per heavy atom. The molecule has 0 aliphatic carbocycles. The number of benzene rings is 2. The van der Waals surface area contributed by atoms with Gasteiger partial charge in [0.25, 0.3) is 0 Å². The van der Waals surface area contributed by atoms with Gasteiger partial charge in [-0.25, -0.2) is 8.78 Å². The van der Waals surface area contributed by atoms with Crippen molar-refractivity contribution < 1.29 is 13.5 Å². The first-order chi connectivity index (χ1) is 9.60. The molecule has 0 aliphatic rings. The maximum Gasteiger partial charge on any atom is 0.159 e. The first kappa shape index (κ1) is 14.8. The average molecular weight is 298 g/mol. The zero-order valence-electron chi connectivity index (χ0n) is 10.9. The molecule has 0 aliphatic heterocycles. The number of rotatable bonds is 5. The van der Waals surface area contributed by atoms with Gasteiger partial charge in [0.1, 0.15) is 5.75 Å². The van der Waals surface area contributed by atoms with E-state index < -0.39 is 11.6 Å². The Hall–Kier alpha value is -1.65. The lowest BCUT2D eigenvalue weighted by atomic mass is 10.2. The largest absolute Gasteiger partial charge is 0.496 e. The fourth-order valence-corrected chi connectivity index (χ4v) is 2.07. The second-order valence-electron chi connectivity index (χ2n) is 4.31. The smallest absolute Gasteiger partial charge is 0.159 e. The number of ether oxygens (including phenoxy) is 1. The summed E-state index contributed by atoms with van der Waals surface area (Å²) >= 11 is 5.93. The highest BCUT2D eigenvalue weighted by Crippen LogP contribution is 2.22. The molecule has 2 nitrogen and oxygen atoms in total. The molecular formula is C15H14ClF2NO. The van der Waals surface area contributed by atoms with E-state index >= 15 is 0 Å². The summed E-state index contributed by atoms with van der Waals surface area (Å²) in [5.41, 5.74) is 1.58. The molecule has 0 bridgehead atoms. The summed E-state index contributed by atoms with van der Waals surface area (Å²) in [6.45, 7) is 0.940. The summed E-state index contributed by atoms with van der Waals surface area (Å²) in [6, 6.07) is 9.18. The summed E-state index contributed by atoms with van der Waals surface area (Å²) in [7, 11) is 1.59. The van der Waals surface area contributed by atoms with Crippen LogP contribution >= 0.6 is 11.6 Å². The summed E-state index contributed by atoms with van der Waals surface area (Å²) < 4.78 is 31.1. The van der Waals surface area contributed by atoms with Crippen molar-refractivity contribution in [1.29, 1.82) is 0 Å². The highest BCUT2D eigenvalue weighted by atomic mass is 35.5. The van der Waals surface area contributed by atoms with Crippen molar-refractivity contribution in [3.8, 4) is 5.75 Å². The normalized spacial score (nSPS) is 10.6. The Morgan fingerprint density at radius 1 is 1.05 bits per heavy atom. The third-order valence-corrected chi connectivity index (χ3v) is 3.11. The molecule has 2 rings (SSSR count). The third kappa shape index (κ3) is 3.68. The molecule has 5 heteroatoms. The van der Waals surface area contributed by atoms with E-state index in [0.29, 0.717) is 23.7 Å². The fraction of sp³-hybridized carbons (Fsp3) is 0.200. The van der Waals surface area contributed by atoms with Crippen LogP contribution in [0.5, 0.6) is 5.75 Å². The number of hydrogen-bond acceptors (Lipinski definition) is 2. The standard InChI is InChI=1S/C15H14ClF2NO/c1-20-15-5-3-12(16)7-11(15)9-19-8-10-2-4-13(17)14(18)6-10/h2-7,19H,8-9H2,1H3. The maximum atomic E-state index is 13.1. The molecule has 1 N–H and O–H groups in total. The van der Waals surface area contributed by atoms with Crippen molar-refractivity contribution in [2.75, 3.05) is 7.11 Å². The predicted molar refractivity (Wildman–Crippen MR) is 74.9 cm³/mol. The molecule has 0 amide bonds. The summed E-state index contributed by atoms with van der Waals surface area (Å²) in [5.74, 6) is -0.956. The van der Waals surface area contributed by atoms with Crippen LogP contribution in [0.2, 0.25) is 5.02 Å². The molecule has 0 saturated heterocycles. The van der Waals surface area contributed by atoms with Crippen LogP contribution in [0.3, 0.4) is 0 Å². The molecule has 0 spiro atoms. The second kappa shape index (κ2) is 6.68. The Kier molecular flexibility index (Phi) is 4.93. The SMILES string of the molecule is COc1ccc(Cl)cc1CNCc1ccc(F)c(F)c1. The fourth-order valence-electron chi connectivity index (χ4n) is 1.88. The Bertz CT molecular complexity index is 604. The molecule has 0 aromatic heterocycles. The lowest BCUT2D eigenvalue weighted by molar-refractivity contribution is 0.407. The number of nitrogens with one attached hydrogen (secondary N) is 1. The van der Waals surface area contributed by atoms with E-state index in [2.05, 4.69) is 5.32 Å². The van der Waals surface area contributed by atoms with Gasteiger partial charge in [0.15, 0.2) is 11.6 Å². The topological polar surface area (TPSA) is 21.3 Å². The van der Waals surface area contributed by atoms with Gasteiger partial charge in [0.05, 0.1) is 7.11 Å². The minimum atomic E-state index is -0.843. The monoisotopic (exact) mass is 297 g/mol. The predicted octanol–water partition coefficient (Wildman–Crippen LogP) is 3.92. The van der Waals surface area contributed by atoms with Crippen LogP contribution in [-0.4, -0.2) is 7.11 Å². The van der Waals surface area contributed by atoms with Crippen molar-refractivity contribution in [1.82, 2.24) is 5.32 Å². The molecule has 0 heterocycles. The van der Waals surface area contributed by atoms with Crippen LogP contribution in [0.4, 0.5) is 8.78 Å². The number of methoxy groups -OCH3 is 1. The average Bonchev–Trinajstić information content (AvgIpc) is 2.43. The zero-order chi connectivity index (χ0) is 14.5. The molecule has 2 aromatic carbocycles. The molecule has 0 unspecified atom stereocenters. The Balaban J connectivity index is 1.99. The van der Waals surface area contributed by atoms with Gasteiger partial charge >= 0.3 is 0 Å². The van der Waals surface area contributed by atoms with E-state index in [1.54, 1.807) is 31.4 Å². The summed E-state index contributed by atoms with van der Waals surface area (Å²) in [6.07, 6.45) is 0. The molecule has 0 saturated carbocycles. The highest BCUT2D eigenvalue weighted by Gasteiger charge is 2.05. The highest BCUT2D eigenvalue weighted by molar-refractivity contribution is 6.30. The zero-order valence-corrected chi connectivity index (χ0v) is 11.7. The van der Waals surface area contributed by atoms with Gasteiger partial charge in [-0.2, -0.15) is 0 Å². The van der Waals surface area contributed by atoms with Gasteiger partial charge in [-0.3, -0.25) is 0 Å². The van der Waals surface area contributed by atoms with Gasteiger partial charge in [-0.15, -0.1) is 0 Å². The Labute approximate surface area is 121 Å². The minimum Gasteiger partial charge on any atom is -0.496 e. The molecule has 106 valence electrons. The van der Waals surface area contributed by atoms with Gasteiger partial charge in [0, 0.05) is 23.7 Å². The van der Waals surface area contributed by atoms with Crippen molar-refractivity contribution in [2.24, 2.45) is 0 Å². The first-order valence-electron chi connectivity index (χ1n) is 6.07. The van der Waals surface area contributed by atoms with Crippen LogP contribution in [-0.2, 0) is 13.1 Å². The van der Waals surface area contributed by atoms with E-state index in [4.69, 9.17) is 16.3 Å². The minimum absolute atomic E-state index is 0.423. The quantitative estimate of drug-likeness (QED) is 0.903. The second-order valence-corrected chi connectivity index (χ2v) is 4.74. The van der Waals surface area contributed by atoms with Crippen molar-refractivity contribution in [2.45, 2.75) is 13.1 Å². The summed E-state index contributed by atoms with van der Waals surface area (Å²) in [4.78, 5) is 0. The van der Waals surface area contributed by atoms with E-state index in [1.165, 1.54) is 6.07 Å². The van der Waals surface area contributed by atoms with Crippen molar-refractivity contribution >= 4 is 11.6 Å². The number of hydrogen-bond donors (Lipinski definition) is 1. The van der Waals surface area contributed by atoms with Crippen LogP contribution < -0.4 is 10.1 Å². The van der Waals surface area contributed by atoms with Gasteiger partial charge < -0.3 is 10.1 Å². The van der Waals surface area contributed by atoms with Gasteiger partial charge in [-0.05, 0) is 35.9 Å². The maximum absolute atomic E-state index is 13.1. The third-order valence-electron chi connectivity index (χ3n) is 2.87. The molecule has 0 radical (unpaired) electrons. The molecule has 20 heavy (non-hydrogen) atoms.